The third-order valence-electron chi connectivity index (χ3n) is 2.89. The molecule has 78 valence electrons. The molecule has 1 saturated heterocycles. The van der Waals surface area contributed by atoms with E-state index in [9.17, 15) is 0 Å². The molecule has 0 radical (unpaired) electrons. The number of nitrogens with one attached hydrogen (secondary N) is 1. The molecule has 1 aromatic rings. The lowest BCUT2D eigenvalue weighted by Gasteiger charge is -2.25. The Kier molecular flexibility index (Phi) is 3.19. The third-order valence-corrected chi connectivity index (χ3v) is 2.89. The zero-order valence-corrected chi connectivity index (χ0v) is 8.87. The summed E-state index contributed by atoms with van der Waals surface area (Å²) >= 11 is 0. The molecular formula is C11H19N3. The zero-order valence-electron chi connectivity index (χ0n) is 8.87. The molecule has 0 amide bonds. The number of imidazole rings is 1. The smallest absolute Gasteiger partial charge is 0.108 e. The summed E-state index contributed by atoms with van der Waals surface area (Å²) in [5.41, 5.74) is 0. The van der Waals surface area contributed by atoms with Crippen molar-refractivity contribution in [3.63, 3.8) is 0 Å². The molecule has 1 atom stereocenters. The monoisotopic (exact) mass is 193 g/mol. The first-order valence-corrected chi connectivity index (χ1v) is 5.64. The van der Waals surface area contributed by atoms with Crippen molar-refractivity contribution in [2.75, 3.05) is 13.1 Å². The quantitative estimate of drug-likeness (QED) is 0.792. The van der Waals surface area contributed by atoms with Crippen LogP contribution in [0.2, 0.25) is 0 Å². The molecule has 0 bridgehead atoms. The fourth-order valence-electron chi connectivity index (χ4n) is 2.16. The molecule has 1 aliphatic rings. The average Bonchev–Trinajstić information content (AvgIpc) is 2.68. The number of hydrogen-bond donors (Lipinski definition) is 1. The van der Waals surface area contributed by atoms with Gasteiger partial charge < -0.3 is 9.88 Å². The van der Waals surface area contributed by atoms with E-state index in [4.69, 9.17) is 0 Å². The van der Waals surface area contributed by atoms with Crippen molar-refractivity contribution >= 4 is 0 Å². The molecule has 1 unspecified atom stereocenters. The molecule has 1 aromatic heterocycles. The van der Waals surface area contributed by atoms with Gasteiger partial charge in [0, 0.05) is 31.4 Å². The van der Waals surface area contributed by atoms with Crippen molar-refractivity contribution in [3.8, 4) is 0 Å². The van der Waals surface area contributed by atoms with Crippen molar-refractivity contribution in [3.05, 3.63) is 18.2 Å². The maximum atomic E-state index is 4.42. The van der Waals surface area contributed by atoms with Crippen LogP contribution in [-0.4, -0.2) is 22.6 Å². The molecule has 1 fully saturated rings. The van der Waals surface area contributed by atoms with Gasteiger partial charge in [-0.2, -0.15) is 0 Å². The predicted molar refractivity (Wildman–Crippen MR) is 57.4 cm³/mol. The van der Waals surface area contributed by atoms with E-state index < -0.39 is 0 Å². The van der Waals surface area contributed by atoms with Crippen molar-refractivity contribution < 1.29 is 0 Å². The van der Waals surface area contributed by atoms with Crippen LogP contribution in [0, 0.1) is 0 Å². The highest BCUT2D eigenvalue weighted by molar-refractivity contribution is 4.96. The van der Waals surface area contributed by atoms with Crippen LogP contribution in [0.3, 0.4) is 0 Å². The second kappa shape index (κ2) is 4.60. The minimum absolute atomic E-state index is 0.632. The van der Waals surface area contributed by atoms with Crippen LogP contribution in [0.1, 0.15) is 38.1 Å². The minimum Gasteiger partial charge on any atom is -0.331 e. The first-order chi connectivity index (χ1) is 6.92. The SMILES string of the molecule is CCCc1nccn1C1CCCNC1. The number of aryl methyl sites for hydroxylation is 1. The van der Waals surface area contributed by atoms with Crippen LogP contribution in [-0.2, 0) is 6.42 Å². The largest absolute Gasteiger partial charge is 0.331 e. The summed E-state index contributed by atoms with van der Waals surface area (Å²) in [6, 6.07) is 0.632. The van der Waals surface area contributed by atoms with Gasteiger partial charge in [0.15, 0.2) is 0 Å². The van der Waals surface area contributed by atoms with E-state index in [1.165, 1.54) is 31.6 Å². The van der Waals surface area contributed by atoms with Crippen LogP contribution in [0.25, 0.3) is 0 Å². The van der Waals surface area contributed by atoms with Crippen LogP contribution >= 0.6 is 0 Å². The summed E-state index contributed by atoms with van der Waals surface area (Å²) in [5, 5.41) is 3.44. The Bertz CT molecular complexity index is 274. The highest BCUT2D eigenvalue weighted by atomic mass is 15.1. The Labute approximate surface area is 85.5 Å². The second-order valence-electron chi connectivity index (χ2n) is 4.00. The Morgan fingerprint density at radius 1 is 1.64 bits per heavy atom. The highest BCUT2D eigenvalue weighted by Gasteiger charge is 2.16. The summed E-state index contributed by atoms with van der Waals surface area (Å²) in [7, 11) is 0. The third kappa shape index (κ3) is 1.98. The molecule has 0 aliphatic carbocycles. The average molecular weight is 193 g/mol. The number of aromatic nitrogens is 2. The van der Waals surface area contributed by atoms with E-state index in [1.807, 2.05) is 6.20 Å². The molecule has 1 aliphatic heterocycles. The van der Waals surface area contributed by atoms with Crippen LogP contribution < -0.4 is 5.32 Å². The van der Waals surface area contributed by atoms with Gasteiger partial charge in [-0.05, 0) is 25.8 Å². The first kappa shape index (κ1) is 9.71. The van der Waals surface area contributed by atoms with E-state index in [1.54, 1.807) is 0 Å². The molecule has 1 N–H and O–H groups in total. The van der Waals surface area contributed by atoms with Gasteiger partial charge in [0.25, 0.3) is 0 Å². The minimum atomic E-state index is 0.632. The van der Waals surface area contributed by atoms with Crippen LogP contribution in [0.15, 0.2) is 12.4 Å². The fraction of sp³-hybridized carbons (Fsp3) is 0.727. The van der Waals surface area contributed by atoms with Crippen molar-refractivity contribution in [2.24, 2.45) is 0 Å². The molecule has 3 nitrogen and oxygen atoms in total. The normalized spacial score (nSPS) is 22.5. The predicted octanol–water partition coefficient (Wildman–Crippen LogP) is 1.76. The van der Waals surface area contributed by atoms with E-state index >= 15 is 0 Å². The molecule has 0 aromatic carbocycles. The maximum absolute atomic E-state index is 4.42. The summed E-state index contributed by atoms with van der Waals surface area (Å²) < 4.78 is 2.36. The van der Waals surface area contributed by atoms with E-state index in [-0.39, 0.29) is 0 Å². The first-order valence-electron chi connectivity index (χ1n) is 5.64. The Balaban J connectivity index is 2.09. The van der Waals surface area contributed by atoms with E-state index in [0.29, 0.717) is 6.04 Å². The lowest BCUT2D eigenvalue weighted by molar-refractivity contribution is 0.363. The van der Waals surface area contributed by atoms with Gasteiger partial charge in [0.2, 0.25) is 0 Å². The van der Waals surface area contributed by atoms with Gasteiger partial charge in [0.05, 0.1) is 0 Å². The lowest BCUT2D eigenvalue weighted by atomic mass is 10.1. The van der Waals surface area contributed by atoms with Gasteiger partial charge in [-0.1, -0.05) is 6.92 Å². The van der Waals surface area contributed by atoms with Crippen molar-refractivity contribution in [1.29, 1.82) is 0 Å². The van der Waals surface area contributed by atoms with Gasteiger partial charge in [-0.3, -0.25) is 0 Å². The second-order valence-corrected chi connectivity index (χ2v) is 4.00. The number of rotatable bonds is 3. The number of hydrogen-bond acceptors (Lipinski definition) is 2. The van der Waals surface area contributed by atoms with Crippen molar-refractivity contribution in [1.82, 2.24) is 14.9 Å². The summed E-state index contributed by atoms with van der Waals surface area (Å²) in [4.78, 5) is 4.42. The lowest BCUT2D eigenvalue weighted by Crippen LogP contribution is -2.32. The molecule has 2 heterocycles. The molecule has 3 heteroatoms. The van der Waals surface area contributed by atoms with Gasteiger partial charge in [-0.15, -0.1) is 0 Å². The maximum Gasteiger partial charge on any atom is 0.108 e. The Hall–Kier alpha value is -0.830. The molecular weight excluding hydrogens is 174 g/mol. The number of nitrogens with zero attached hydrogens (tertiary/aromatic N) is 2. The van der Waals surface area contributed by atoms with Gasteiger partial charge in [0.1, 0.15) is 5.82 Å². The summed E-state index contributed by atoms with van der Waals surface area (Å²) in [6.07, 6.45) is 8.91. The summed E-state index contributed by atoms with van der Waals surface area (Å²) in [6.45, 7) is 4.49. The fourth-order valence-corrected chi connectivity index (χ4v) is 2.16. The molecule has 2 rings (SSSR count). The Morgan fingerprint density at radius 2 is 2.57 bits per heavy atom. The molecule has 0 saturated carbocycles. The van der Waals surface area contributed by atoms with E-state index in [0.717, 1.165) is 13.0 Å². The van der Waals surface area contributed by atoms with Crippen LogP contribution in [0.4, 0.5) is 0 Å². The molecule has 14 heavy (non-hydrogen) atoms. The van der Waals surface area contributed by atoms with E-state index in [2.05, 4.69) is 28.0 Å². The Morgan fingerprint density at radius 3 is 3.29 bits per heavy atom. The standard InChI is InChI=1S/C11H19N3/c1-2-4-11-13-7-8-14(11)10-5-3-6-12-9-10/h7-8,10,12H,2-6,9H2,1H3. The van der Waals surface area contributed by atoms with Gasteiger partial charge >= 0.3 is 0 Å². The highest BCUT2D eigenvalue weighted by Crippen LogP contribution is 2.18. The zero-order chi connectivity index (χ0) is 9.80. The topological polar surface area (TPSA) is 29.9 Å². The van der Waals surface area contributed by atoms with Crippen molar-refractivity contribution in [2.45, 2.75) is 38.6 Å². The number of piperidine rings is 1. The summed E-state index contributed by atoms with van der Waals surface area (Å²) in [5.74, 6) is 1.25. The van der Waals surface area contributed by atoms with Gasteiger partial charge in [-0.25, -0.2) is 4.98 Å². The van der Waals surface area contributed by atoms with Crippen LogP contribution in [0.5, 0.6) is 0 Å². The molecule has 0 spiro atoms.